The number of aliphatic hydroxyl groups is 3. The lowest BCUT2D eigenvalue weighted by Crippen LogP contribution is -2.65. The van der Waals surface area contributed by atoms with E-state index in [2.05, 4.69) is 24.1 Å². The number of Topliss-reactive ketones (excluding diaryl/α,β-unsaturated/α-hetero) is 2. The fourth-order valence-corrected chi connectivity index (χ4v) is 7.23. The number of carbonyl (C=O) groups is 3. The first-order chi connectivity index (χ1) is 18.7. The Kier molecular flexibility index (Phi) is 6.75. The molecule has 1 unspecified atom stereocenters. The van der Waals surface area contributed by atoms with Gasteiger partial charge in [0.2, 0.25) is 5.78 Å². The fourth-order valence-electron chi connectivity index (χ4n) is 7.23. The standard InChI is InChI=1S/C29H38N4O7/c1-12(2)11-31-17-6-7-33(5)22-14(17)10-18(34)20-15(22)8-13-9-16-23(32(3)4)25(36)21(28(30)39)27(38)29(16,40)26(37)19(13)24(20)35/h10,12-13,16-17,23,31,34-35,38,40H,6-9,11H2,1-5H3,(H2,30,39)/t13-,16-,17?,23-,29+/m1/s1. The van der Waals surface area contributed by atoms with Crippen molar-refractivity contribution in [1.29, 1.82) is 0 Å². The first-order valence-corrected chi connectivity index (χ1v) is 13.7. The Labute approximate surface area is 232 Å². The van der Waals surface area contributed by atoms with Crippen LogP contribution in [0.3, 0.4) is 0 Å². The third kappa shape index (κ3) is 3.86. The van der Waals surface area contributed by atoms with Crippen LogP contribution in [0.2, 0.25) is 0 Å². The number of hydrogen-bond donors (Lipinski definition) is 6. The number of primary amides is 1. The number of nitrogens with one attached hydrogen (secondary N) is 1. The number of nitrogens with two attached hydrogens (primary N) is 1. The number of carbonyl (C=O) groups excluding carboxylic acids is 3. The third-order valence-electron chi connectivity index (χ3n) is 9.01. The minimum atomic E-state index is -2.64. The van der Waals surface area contributed by atoms with Crippen LogP contribution in [0.5, 0.6) is 5.75 Å². The molecule has 0 saturated heterocycles. The van der Waals surface area contributed by atoms with Crippen molar-refractivity contribution in [3.8, 4) is 5.75 Å². The molecular weight excluding hydrogens is 516 g/mol. The van der Waals surface area contributed by atoms with E-state index in [4.69, 9.17) is 5.73 Å². The number of fused-ring (bicyclic) bond motifs is 5. The zero-order chi connectivity index (χ0) is 29.4. The summed E-state index contributed by atoms with van der Waals surface area (Å²) in [5, 5.41) is 49.0. The topological polar surface area (TPSA) is 177 Å². The van der Waals surface area contributed by atoms with Crippen molar-refractivity contribution in [2.45, 2.75) is 50.8 Å². The first kappa shape index (κ1) is 28.1. The van der Waals surface area contributed by atoms with E-state index >= 15 is 0 Å². The van der Waals surface area contributed by atoms with Gasteiger partial charge in [0.1, 0.15) is 22.8 Å². The van der Waals surface area contributed by atoms with Crippen LogP contribution in [0.1, 0.15) is 49.4 Å². The Hall–Kier alpha value is -3.41. The molecule has 7 N–H and O–H groups in total. The van der Waals surface area contributed by atoms with Crippen LogP contribution < -0.4 is 16.0 Å². The van der Waals surface area contributed by atoms with E-state index in [9.17, 15) is 34.8 Å². The van der Waals surface area contributed by atoms with Crippen LogP contribution in [0.15, 0.2) is 23.0 Å². The summed E-state index contributed by atoms with van der Waals surface area (Å²) in [5.41, 5.74) is 4.37. The quantitative estimate of drug-likeness (QED) is 0.289. The van der Waals surface area contributed by atoms with E-state index in [0.717, 1.165) is 30.8 Å². The summed E-state index contributed by atoms with van der Waals surface area (Å²) < 4.78 is 0. The van der Waals surface area contributed by atoms with Crippen LogP contribution >= 0.6 is 0 Å². The van der Waals surface area contributed by atoms with E-state index in [1.165, 1.54) is 4.90 Å². The molecule has 0 bridgehead atoms. The maximum atomic E-state index is 14.0. The summed E-state index contributed by atoms with van der Waals surface area (Å²) in [7, 11) is 5.12. The second-order valence-electron chi connectivity index (χ2n) is 12.2. The Morgan fingerprint density at radius 1 is 1.25 bits per heavy atom. The number of rotatable bonds is 5. The smallest absolute Gasteiger partial charge is 0.255 e. The molecule has 5 atom stereocenters. The SMILES string of the molecule is CC(C)CNC1CCN(C)c2c1cc(O)c1c2C[C@@H]2C[C@@H]3[C@@H](N(C)C)C(=O)C(C(N)=O)=C(O)[C@@]3(O)C(=O)C2=C1O. The number of ketones is 2. The number of aliphatic hydroxyl groups excluding tert-OH is 2. The van der Waals surface area contributed by atoms with Crippen molar-refractivity contribution in [2.75, 3.05) is 39.1 Å². The van der Waals surface area contributed by atoms with Gasteiger partial charge in [0.05, 0.1) is 11.6 Å². The van der Waals surface area contributed by atoms with Gasteiger partial charge in [-0.05, 0) is 68.9 Å². The molecule has 1 fully saturated rings. The van der Waals surface area contributed by atoms with Gasteiger partial charge in [-0.25, -0.2) is 0 Å². The average Bonchev–Trinajstić information content (AvgIpc) is 2.85. The molecule has 1 aliphatic heterocycles. The largest absolute Gasteiger partial charge is 0.508 e. The molecule has 1 saturated carbocycles. The Balaban J connectivity index is 1.69. The predicted octanol–water partition coefficient (Wildman–Crippen LogP) is 1.09. The van der Waals surface area contributed by atoms with Gasteiger partial charge in [-0.1, -0.05) is 13.8 Å². The molecule has 216 valence electrons. The number of phenols is 1. The van der Waals surface area contributed by atoms with Gasteiger partial charge in [-0.3, -0.25) is 19.3 Å². The van der Waals surface area contributed by atoms with Crippen LogP contribution in [0.25, 0.3) is 5.76 Å². The van der Waals surface area contributed by atoms with Crippen molar-refractivity contribution in [2.24, 2.45) is 23.5 Å². The van der Waals surface area contributed by atoms with E-state index in [-0.39, 0.29) is 35.8 Å². The molecule has 1 amide bonds. The highest BCUT2D eigenvalue weighted by Crippen LogP contribution is 2.55. The minimum Gasteiger partial charge on any atom is -0.508 e. The number of anilines is 1. The second-order valence-corrected chi connectivity index (χ2v) is 12.2. The highest BCUT2D eigenvalue weighted by molar-refractivity contribution is 6.24. The monoisotopic (exact) mass is 554 g/mol. The van der Waals surface area contributed by atoms with E-state index in [1.54, 1.807) is 20.2 Å². The maximum Gasteiger partial charge on any atom is 0.255 e. The highest BCUT2D eigenvalue weighted by atomic mass is 16.3. The van der Waals surface area contributed by atoms with Crippen LogP contribution in [-0.4, -0.2) is 88.7 Å². The van der Waals surface area contributed by atoms with Crippen molar-refractivity contribution < 1.29 is 34.8 Å². The Bertz CT molecular complexity index is 1380. The summed E-state index contributed by atoms with van der Waals surface area (Å²) in [6, 6.07) is 0.509. The minimum absolute atomic E-state index is 0.00112. The molecule has 3 aliphatic carbocycles. The van der Waals surface area contributed by atoms with E-state index in [0.29, 0.717) is 11.5 Å². The molecule has 5 rings (SSSR count). The molecule has 1 aromatic carbocycles. The summed E-state index contributed by atoms with van der Waals surface area (Å²) in [5.74, 6) is -6.04. The van der Waals surface area contributed by atoms with Crippen molar-refractivity contribution in [3.05, 3.63) is 39.7 Å². The second kappa shape index (κ2) is 9.60. The maximum absolute atomic E-state index is 14.0. The number of nitrogens with zero attached hydrogens (tertiary/aromatic N) is 2. The Morgan fingerprint density at radius 2 is 1.93 bits per heavy atom. The molecular formula is C29H38N4O7. The molecule has 11 heteroatoms. The number of phenolic OH excluding ortho intramolecular Hbond substituents is 1. The molecule has 1 aromatic rings. The van der Waals surface area contributed by atoms with Gasteiger partial charge in [0.15, 0.2) is 11.4 Å². The summed E-state index contributed by atoms with van der Waals surface area (Å²) in [4.78, 5) is 43.0. The van der Waals surface area contributed by atoms with E-state index in [1.807, 2.05) is 7.05 Å². The molecule has 40 heavy (non-hydrogen) atoms. The van der Waals surface area contributed by atoms with Gasteiger partial charge >= 0.3 is 0 Å². The molecule has 1 heterocycles. The van der Waals surface area contributed by atoms with Gasteiger partial charge in [-0.2, -0.15) is 0 Å². The third-order valence-corrected chi connectivity index (χ3v) is 9.01. The molecule has 11 nitrogen and oxygen atoms in total. The lowest BCUT2D eigenvalue weighted by atomic mass is 9.57. The normalized spacial score (nSPS) is 29.9. The zero-order valence-corrected chi connectivity index (χ0v) is 23.5. The number of hydrogen-bond acceptors (Lipinski definition) is 10. The van der Waals surface area contributed by atoms with Crippen molar-refractivity contribution in [3.63, 3.8) is 0 Å². The number of likely N-dealkylation sites (N-methyl/N-ethyl adjacent to an activating group) is 1. The number of amides is 1. The summed E-state index contributed by atoms with van der Waals surface area (Å²) in [6.45, 7) is 5.78. The van der Waals surface area contributed by atoms with Crippen LogP contribution in [0.4, 0.5) is 5.69 Å². The fraction of sp³-hybridized carbons (Fsp3) is 0.552. The van der Waals surface area contributed by atoms with Gasteiger partial charge in [0.25, 0.3) is 5.91 Å². The first-order valence-electron chi connectivity index (χ1n) is 13.7. The summed E-state index contributed by atoms with van der Waals surface area (Å²) in [6.07, 6.45) is 1.17. The van der Waals surface area contributed by atoms with E-state index < -0.39 is 58.0 Å². The average molecular weight is 555 g/mol. The predicted molar refractivity (Wildman–Crippen MR) is 148 cm³/mol. The van der Waals surface area contributed by atoms with Crippen LogP contribution in [0, 0.1) is 17.8 Å². The molecule has 0 spiro atoms. The van der Waals surface area contributed by atoms with Crippen molar-refractivity contribution >= 4 is 28.9 Å². The highest BCUT2D eigenvalue weighted by Gasteiger charge is 2.64. The van der Waals surface area contributed by atoms with Gasteiger partial charge < -0.3 is 36.4 Å². The lowest BCUT2D eigenvalue weighted by molar-refractivity contribution is -0.153. The number of aromatic hydroxyl groups is 1. The van der Waals surface area contributed by atoms with Gasteiger partial charge in [0, 0.05) is 36.8 Å². The molecule has 0 radical (unpaired) electrons. The molecule has 0 aromatic heterocycles. The van der Waals surface area contributed by atoms with Crippen molar-refractivity contribution in [1.82, 2.24) is 10.2 Å². The summed E-state index contributed by atoms with van der Waals surface area (Å²) >= 11 is 0. The van der Waals surface area contributed by atoms with Crippen LogP contribution in [-0.2, 0) is 20.8 Å². The lowest BCUT2D eigenvalue weighted by Gasteiger charge is -2.50. The number of benzene rings is 1. The zero-order valence-electron chi connectivity index (χ0n) is 23.5. The Morgan fingerprint density at radius 3 is 2.52 bits per heavy atom. The van der Waals surface area contributed by atoms with Gasteiger partial charge in [-0.15, -0.1) is 0 Å². The molecule has 4 aliphatic rings.